The van der Waals surface area contributed by atoms with Crippen molar-refractivity contribution in [2.45, 2.75) is 33.4 Å². The van der Waals surface area contributed by atoms with E-state index in [4.69, 9.17) is 4.74 Å². The lowest BCUT2D eigenvalue weighted by Crippen LogP contribution is -2.21. The molecule has 114 valence electrons. The van der Waals surface area contributed by atoms with Crippen molar-refractivity contribution in [3.05, 3.63) is 42.0 Å². The van der Waals surface area contributed by atoms with E-state index in [0.29, 0.717) is 5.92 Å². The number of nitrogens with zero attached hydrogens (tertiary/aromatic N) is 3. The molecule has 0 saturated carbocycles. The van der Waals surface area contributed by atoms with Gasteiger partial charge < -0.3 is 10.1 Å². The minimum absolute atomic E-state index is 0.572. The van der Waals surface area contributed by atoms with Crippen molar-refractivity contribution in [3.8, 4) is 5.75 Å². The maximum absolute atomic E-state index is 5.23. The van der Waals surface area contributed by atoms with E-state index in [1.807, 2.05) is 16.8 Å². The zero-order valence-electron chi connectivity index (χ0n) is 13.0. The van der Waals surface area contributed by atoms with Crippen molar-refractivity contribution in [2.75, 3.05) is 13.7 Å². The van der Waals surface area contributed by atoms with Crippen LogP contribution in [0.5, 0.6) is 5.75 Å². The molecule has 0 aliphatic heterocycles. The molecule has 0 unspecified atom stereocenters. The molecule has 1 N–H and O–H groups in total. The Kier molecular flexibility index (Phi) is 5.75. The molecular weight excluding hydrogens is 264 g/mol. The maximum atomic E-state index is 5.23. The summed E-state index contributed by atoms with van der Waals surface area (Å²) in [6.07, 6.45) is 2.59. The number of rotatable bonds is 8. The summed E-state index contributed by atoms with van der Waals surface area (Å²) >= 11 is 0. The van der Waals surface area contributed by atoms with Crippen LogP contribution in [-0.2, 0) is 19.5 Å². The van der Waals surface area contributed by atoms with E-state index in [1.54, 1.807) is 13.4 Å². The van der Waals surface area contributed by atoms with E-state index < -0.39 is 0 Å². The van der Waals surface area contributed by atoms with E-state index in [0.717, 1.165) is 37.6 Å². The number of benzene rings is 1. The first-order chi connectivity index (χ1) is 10.2. The van der Waals surface area contributed by atoms with Gasteiger partial charge in [0, 0.05) is 6.54 Å². The van der Waals surface area contributed by atoms with Crippen LogP contribution in [0, 0.1) is 5.92 Å². The highest BCUT2D eigenvalue weighted by molar-refractivity contribution is 5.28. The molecule has 0 aliphatic rings. The average molecular weight is 288 g/mol. The summed E-state index contributed by atoms with van der Waals surface area (Å²) in [5.74, 6) is 2.47. The monoisotopic (exact) mass is 288 g/mol. The van der Waals surface area contributed by atoms with Crippen LogP contribution in [0.25, 0.3) is 0 Å². The predicted molar refractivity (Wildman–Crippen MR) is 83.3 cm³/mol. The van der Waals surface area contributed by atoms with Crippen molar-refractivity contribution in [2.24, 2.45) is 5.92 Å². The lowest BCUT2D eigenvalue weighted by molar-refractivity contribution is 0.414. The van der Waals surface area contributed by atoms with Gasteiger partial charge in [0.15, 0.2) is 0 Å². The molecule has 1 aromatic heterocycles. The number of hydrogen-bond acceptors (Lipinski definition) is 4. The van der Waals surface area contributed by atoms with Gasteiger partial charge in [0.25, 0.3) is 0 Å². The highest BCUT2D eigenvalue weighted by Crippen LogP contribution is 2.12. The van der Waals surface area contributed by atoms with Crippen LogP contribution in [-0.4, -0.2) is 28.4 Å². The second-order valence-electron chi connectivity index (χ2n) is 5.53. The van der Waals surface area contributed by atoms with Gasteiger partial charge in [0.2, 0.25) is 0 Å². The molecule has 5 heteroatoms. The Hall–Kier alpha value is -1.88. The van der Waals surface area contributed by atoms with Gasteiger partial charge in [-0.1, -0.05) is 26.0 Å². The van der Waals surface area contributed by atoms with E-state index >= 15 is 0 Å². The van der Waals surface area contributed by atoms with Crippen LogP contribution in [0.2, 0.25) is 0 Å². The van der Waals surface area contributed by atoms with Crippen molar-refractivity contribution in [1.82, 2.24) is 20.1 Å². The van der Waals surface area contributed by atoms with E-state index in [1.165, 1.54) is 5.56 Å². The first-order valence-electron chi connectivity index (χ1n) is 7.39. The first-order valence-corrected chi connectivity index (χ1v) is 7.39. The average Bonchev–Trinajstić information content (AvgIpc) is 2.90. The zero-order valence-corrected chi connectivity index (χ0v) is 13.0. The van der Waals surface area contributed by atoms with Gasteiger partial charge in [0.1, 0.15) is 17.9 Å². The highest BCUT2D eigenvalue weighted by atomic mass is 16.5. The maximum Gasteiger partial charge on any atom is 0.140 e. The fourth-order valence-corrected chi connectivity index (χ4v) is 2.18. The third kappa shape index (κ3) is 4.86. The molecule has 0 aliphatic carbocycles. The largest absolute Gasteiger partial charge is 0.497 e. The van der Waals surface area contributed by atoms with Gasteiger partial charge in [-0.3, -0.25) is 0 Å². The normalized spacial score (nSPS) is 11.0. The highest BCUT2D eigenvalue weighted by Gasteiger charge is 2.05. The molecule has 0 amide bonds. The number of nitrogens with one attached hydrogen (secondary N) is 1. The Morgan fingerprint density at radius 2 is 2.19 bits per heavy atom. The number of hydrogen-bond donors (Lipinski definition) is 1. The second-order valence-corrected chi connectivity index (χ2v) is 5.53. The Bertz CT molecular complexity index is 551. The van der Waals surface area contributed by atoms with Gasteiger partial charge in [-0.25, -0.2) is 9.67 Å². The van der Waals surface area contributed by atoms with Crippen molar-refractivity contribution >= 4 is 0 Å². The lowest BCUT2D eigenvalue weighted by atomic mass is 10.1. The summed E-state index contributed by atoms with van der Waals surface area (Å²) in [6.45, 7) is 6.93. The molecule has 0 spiro atoms. The van der Waals surface area contributed by atoms with Crippen LogP contribution in [0.1, 0.15) is 25.2 Å². The molecule has 1 aromatic carbocycles. The number of aromatic nitrogens is 3. The summed E-state index contributed by atoms with van der Waals surface area (Å²) in [5, 5.41) is 7.69. The smallest absolute Gasteiger partial charge is 0.140 e. The minimum atomic E-state index is 0.572. The van der Waals surface area contributed by atoms with Crippen LogP contribution in [0.4, 0.5) is 0 Å². The third-order valence-corrected chi connectivity index (χ3v) is 3.24. The quantitative estimate of drug-likeness (QED) is 0.757. The fraction of sp³-hybridized carbons (Fsp3) is 0.500. The van der Waals surface area contributed by atoms with E-state index in [2.05, 4.69) is 41.4 Å². The van der Waals surface area contributed by atoms with Gasteiger partial charge >= 0.3 is 0 Å². The van der Waals surface area contributed by atoms with Crippen molar-refractivity contribution in [3.63, 3.8) is 0 Å². The summed E-state index contributed by atoms with van der Waals surface area (Å²) in [4.78, 5) is 4.31. The van der Waals surface area contributed by atoms with Crippen LogP contribution in [0.15, 0.2) is 30.6 Å². The molecule has 0 fully saturated rings. The van der Waals surface area contributed by atoms with Gasteiger partial charge in [-0.05, 0) is 36.6 Å². The van der Waals surface area contributed by atoms with Crippen LogP contribution in [0.3, 0.4) is 0 Å². The second kappa shape index (κ2) is 7.78. The lowest BCUT2D eigenvalue weighted by Gasteiger charge is -2.09. The molecular formula is C16H24N4O. The molecule has 5 nitrogen and oxygen atoms in total. The van der Waals surface area contributed by atoms with Crippen molar-refractivity contribution in [1.29, 1.82) is 0 Å². The number of methoxy groups -OCH3 is 1. The summed E-state index contributed by atoms with van der Waals surface area (Å²) in [5.41, 5.74) is 1.27. The summed E-state index contributed by atoms with van der Waals surface area (Å²) in [6, 6.07) is 8.17. The SMILES string of the molecule is COc1cccc(CCNCc2ncnn2CC(C)C)c1. The minimum Gasteiger partial charge on any atom is -0.497 e. The number of ether oxygens (including phenoxy) is 1. The Labute approximate surface area is 126 Å². The molecule has 0 saturated heterocycles. The molecule has 2 aromatic rings. The standard InChI is InChI=1S/C16H24N4O/c1-13(2)11-20-16(18-12-19-20)10-17-8-7-14-5-4-6-15(9-14)21-3/h4-6,9,12-13,17H,7-8,10-11H2,1-3H3. The molecule has 1 heterocycles. The molecule has 21 heavy (non-hydrogen) atoms. The van der Waals surface area contributed by atoms with Crippen LogP contribution < -0.4 is 10.1 Å². The molecule has 0 atom stereocenters. The van der Waals surface area contributed by atoms with Crippen LogP contribution >= 0.6 is 0 Å². The topological polar surface area (TPSA) is 52.0 Å². The summed E-state index contributed by atoms with van der Waals surface area (Å²) in [7, 11) is 1.69. The van der Waals surface area contributed by atoms with E-state index in [-0.39, 0.29) is 0 Å². The predicted octanol–water partition coefficient (Wildman–Crippen LogP) is 2.28. The van der Waals surface area contributed by atoms with E-state index in [9.17, 15) is 0 Å². The fourth-order valence-electron chi connectivity index (χ4n) is 2.18. The van der Waals surface area contributed by atoms with Gasteiger partial charge in [-0.15, -0.1) is 0 Å². The van der Waals surface area contributed by atoms with Gasteiger partial charge in [-0.2, -0.15) is 5.10 Å². The summed E-state index contributed by atoms with van der Waals surface area (Å²) < 4.78 is 7.21. The Morgan fingerprint density at radius 3 is 2.95 bits per heavy atom. The van der Waals surface area contributed by atoms with Gasteiger partial charge in [0.05, 0.1) is 13.7 Å². The molecule has 2 rings (SSSR count). The first kappa shape index (κ1) is 15.5. The Balaban J connectivity index is 1.78. The van der Waals surface area contributed by atoms with Crippen molar-refractivity contribution < 1.29 is 4.74 Å². The molecule has 0 radical (unpaired) electrons. The third-order valence-electron chi connectivity index (χ3n) is 3.24. The Morgan fingerprint density at radius 1 is 1.33 bits per heavy atom. The molecule has 0 bridgehead atoms. The zero-order chi connectivity index (χ0) is 15.1.